The highest BCUT2D eigenvalue weighted by Gasteiger charge is 2.12. The zero-order valence-electron chi connectivity index (χ0n) is 9.13. The molecule has 1 rings (SSSR count). The van der Waals surface area contributed by atoms with Crippen molar-refractivity contribution < 1.29 is 26.1 Å². The Morgan fingerprint density at radius 1 is 1.44 bits per heavy atom. The van der Waals surface area contributed by atoms with Gasteiger partial charge in [-0.3, -0.25) is 4.79 Å². The van der Waals surface area contributed by atoms with Crippen LogP contribution in [0.2, 0.25) is 0 Å². The summed E-state index contributed by atoms with van der Waals surface area (Å²) in [5.74, 6) is 3.98. The first-order valence-corrected chi connectivity index (χ1v) is 6.07. The molecule has 1 aromatic rings. The van der Waals surface area contributed by atoms with E-state index in [9.17, 15) is 17.1 Å². The molecule has 0 unspecified atom stereocenters. The summed E-state index contributed by atoms with van der Waals surface area (Å²) in [6.45, 7) is 0.308. The number of rotatable bonds is 6. The molecular formula is C9H11FN2O5S. The van der Waals surface area contributed by atoms with Crippen LogP contribution in [0.4, 0.5) is 3.89 Å². The minimum Gasteiger partial charge on any atom is -0.358 e. The van der Waals surface area contributed by atoms with Crippen LogP contribution in [0.5, 0.6) is 5.75 Å². The number of benzene rings is 1. The highest BCUT2D eigenvalue weighted by Crippen LogP contribution is 2.15. The molecule has 18 heavy (non-hydrogen) atoms. The van der Waals surface area contributed by atoms with E-state index < -0.39 is 16.4 Å². The van der Waals surface area contributed by atoms with Crippen molar-refractivity contribution in [2.75, 3.05) is 13.2 Å². The van der Waals surface area contributed by atoms with E-state index in [1.165, 1.54) is 18.2 Å². The molecule has 1 amide bonds. The summed E-state index contributed by atoms with van der Waals surface area (Å²) >= 11 is 0. The zero-order valence-corrected chi connectivity index (χ0v) is 9.94. The Balaban J connectivity index is 2.72. The Labute approximate surface area is 103 Å². The average Bonchev–Trinajstić information content (AvgIpc) is 2.27. The number of amides is 1. The maximum Gasteiger partial charge on any atom is 0.488 e. The van der Waals surface area contributed by atoms with E-state index in [0.717, 1.165) is 6.07 Å². The van der Waals surface area contributed by atoms with E-state index in [-0.39, 0.29) is 24.5 Å². The molecule has 0 fully saturated rings. The smallest absolute Gasteiger partial charge is 0.358 e. The third-order valence-electron chi connectivity index (χ3n) is 1.80. The van der Waals surface area contributed by atoms with Gasteiger partial charge in [-0.2, -0.15) is 8.42 Å². The van der Waals surface area contributed by atoms with Gasteiger partial charge in [-0.1, -0.05) is 9.95 Å². The van der Waals surface area contributed by atoms with Crippen molar-refractivity contribution in [1.82, 2.24) is 5.32 Å². The maximum atomic E-state index is 12.3. The summed E-state index contributed by atoms with van der Waals surface area (Å²) in [5.41, 5.74) is 0.119. The van der Waals surface area contributed by atoms with Crippen molar-refractivity contribution in [2.45, 2.75) is 0 Å². The molecule has 1 aromatic carbocycles. The highest BCUT2D eigenvalue weighted by molar-refractivity contribution is 7.81. The van der Waals surface area contributed by atoms with Crippen LogP contribution < -0.4 is 15.4 Å². The van der Waals surface area contributed by atoms with Crippen LogP contribution >= 0.6 is 0 Å². The Bertz CT molecular complexity index is 519. The fourth-order valence-electron chi connectivity index (χ4n) is 1.13. The molecule has 0 aliphatic heterocycles. The summed E-state index contributed by atoms with van der Waals surface area (Å²) in [5, 5.41) is 2.45. The molecule has 0 bridgehead atoms. The van der Waals surface area contributed by atoms with Crippen LogP contribution in [0.3, 0.4) is 0 Å². The number of carbonyl (C=O) groups is 1. The van der Waals surface area contributed by atoms with E-state index in [0.29, 0.717) is 0 Å². The lowest BCUT2D eigenvalue weighted by atomic mass is 10.2. The van der Waals surface area contributed by atoms with Gasteiger partial charge in [0.2, 0.25) is 0 Å². The molecule has 7 nitrogen and oxygen atoms in total. The third kappa shape index (κ3) is 5.08. The highest BCUT2D eigenvalue weighted by atomic mass is 32.3. The van der Waals surface area contributed by atoms with Crippen LogP contribution in [0, 0.1) is 0 Å². The van der Waals surface area contributed by atoms with Gasteiger partial charge < -0.3 is 14.3 Å². The largest absolute Gasteiger partial charge is 0.488 e. The lowest BCUT2D eigenvalue weighted by molar-refractivity contribution is 0.0916. The van der Waals surface area contributed by atoms with Crippen molar-refractivity contribution >= 4 is 16.4 Å². The number of carbonyl (C=O) groups excluding carboxylic acids is 1. The van der Waals surface area contributed by atoms with E-state index in [1.807, 2.05) is 0 Å². The fourth-order valence-corrected chi connectivity index (χ4v) is 1.46. The molecule has 0 spiro atoms. The molecule has 9 heteroatoms. The van der Waals surface area contributed by atoms with Gasteiger partial charge in [-0.25, -0.2) is 5.90 Å². The summed E-state index contributed by atoms with van der Waals surface area (Å²) in [4.78, 5) is 15.8. The SMILES string of the molecule is NOCCNC(=O)c1cccc(OS(=O)(=O)F)c1. The van der Waals surface area contributed by atoms with E-state index in [2.05, 4.69) is 14.3 Å². The lowest BCUT2D eigenvalue weighted by Crippen LogP contribution is -2.28. The molecule has 0 saturated carbocycles. The fraction of sp³-hybridized carbons (Fsp3) is 0.222. The summed E-state index contributed by atoms with van der Waals surface area (Å²) < 4.78 is 36.8. The monoisotopic (exact) mass is 278 g/mol. The first kappa shape index (κ1) is 14.4. The normalized spacial score (nSPS) is 11.0. The van der Waals surface area contributed by atoms with Crippen molar-refractivity contribution in [3.05, 3.63) is 29.8 Å². The van der Waals surface area contributed by atoms with Crippen LogP contribution in [0.25, 0.3) is 0 Å². The molecule has 0 radical (unpaired) electrons. The number of hydrogen-bond acceptors (Lipinski definition) is 6. The third-order valence-corrected chi connectivity index (χ3v) is 2.19. The number of nitrogens with two attached hydrogens (primary N) is 1. The zero-order chi connectivity index (χ0) is 13.6. The second-order valence-electron chi connectivity index (χ2n) is 3.13. The van der Waals surface area contributed by atoms with E-state index in [1.54, 1.807) is 0 Å². The lowest BCUT2D eigenvalue weighted by Gasteiger charge is -2.05. The summed E-state index contributed by atoms with van der Waals surface area (Å²) in [7, 11) is -5.11. The van der Waals surface area contributed by atoms with Crippen molar-refractivity contribution in [2.24, 2.45) is 5.90 Å². The molecule has 0 aliphatic carbocycles. The number of nitrogens with one attached hydrogen (secondary N) is 1. The first-order valence-electron chi connectivity index (χ1n) is 4.76. The van der Waals surface area contributed by atoms with Gasteiger partial charge >= 0.3 is 10.5 Å². The molecule has 0 aliphatic rings. The maximum absolute atomic E-state index is 12.3. The Morgan fingerprint density at radius 3 is 2.78 bits per heavy atom. The van der Waals surface area contributed by atoms with Crippen LogP contribution in [-0.2, 0) is 15.3 Å². The minimum atomic E-state index is -5.11. The number of halogens is 1. The quantitative estimate of drug-likeness (QED) is 0.427. The average molecular weight is 278 g/mol. The Morgan fingerprint density at radius 2 is 2.17 bits per heavy atom. The molecule has 0 atom stereocenters. The summed E-state index contributed by atoms with van der Waals surface area (Å²) in [6.07, 6.45) is 0. The molecule has 0 saturated heterocycles. The van der Waals surface area contributed by atoms with E-state index >= 15 is 0 Å². The van der Waals surface area contributed by atoms with Gasteiger partial charge in [0.05, 0.1) is 6.61 Å². The van der Waals surface area contributed by atoms with Gasteiger partial charge in [-0.05, 0) is 18.2 Å². The minimum absolute atomic E-state index is 0.119. The van der Waals surface area contributed by atoms with Crippen LogP contribution in [-0.4, -0.2) is 27.5 Å². The van der Waals surface area contributed by atoms with Crippen LogP contribution in [0.1, 0.15) is 10.4 Å². The molecule has 0 heterocycles. The standard InChI is InChI=1S/C9H11FN2O5S/c10-18(14,15)17-8-3-1-2-7(6-8)9(13)12-4-5-16-11/h1-3,6H,4-5,11H2,(H,12,13). The van der Waals surface area contributed by atoms with Gasteiger partial charge in [-0.15, -0.1) is 0 Å². The number of hydrogen-bond donors (Lipinski definition) is 2. The van der Waals surface area contributed by atoms with Crippen LogP contribution in [0.15, 0.2) is 24.3 Å². The molecule has 100 valence electrons. The Kier molecular flexibility index (Phi) is 5.01. The first-order chi connectivity index (χ1) is 8.42. The second kappa shape index (κ2) is 6.28. The van der Waals surface area contributed by atoms with Crippen molar-refractivity contribution in [1.29, 1.82) is 0 Å². The van der Waals surface area contributed by atoms with E-state index in [4.69, 9.17) is 5.90 Å². The molecule has 3 N–H and O–H groups in total. The molecule has 0 aromatic heterocycles. The van der Waals surface area contributed by atoms with Crippen molar-refractivity contribution in [3.8, 4) is 5.75 Å². The predicted molar refractivity (Wildman–Crippen MR) is 59.6 cm³/mol. The second-order valence-corrected chi connectivity index (χ2v) is 4.08. The Hall–Kier alpha value is -1.71. The van der Waals surface area contributed by atoms with Gasteiger partial charge in [0, 0.05) is 12.1 Å². The summed E-state index contributed by atoms with van der Waals surface area (Å²) in [6, 6.07) is 5.07. The van der Waals surface area contributed by atoms with Gasteiger partial charge in [0.25, 0.3) is 5.91 Å². The topological polar surface area (TPSA) is 108 Å². The predicted octanol–water partition coefficient (Wildman–Crippen LogP) is -0.100. The molecular weight excluding hydrogens is 267 g/mol. The van der Waals surface area contributed by atoms with Gasteiger partial charge in [0.15, 0.2) is 0 Å². The van der Waals surface area contributed by atoms with Crippen molar-refractivity contribution in [3.63, 3.8) is 0 Å². The van der Waals surface area contributed by atoms with Gasteiger partial charge in [0.1, 0.15) is 5.75 Å².